The van der Waals surface area contributed by atoms with Crippen LogP contribution in [0.1, 0.15) is 11.3 Å². The van der Waals surface area contributed by atoms with Gasteiger partial charge in [-0.15, -0.1) is 5.10 Å². The number of piperazine rings is 1. The maximum atomic E-state index is 6.08. The maximum absolute atomic E-state index is 6.08. The summed E-state index contributed by atoms with van der Waals surface area (Å²) in [5.41, 5.74) is 2.11. The molecule has 8 heteroatoms. The van der Waals surface area contributed by atoms with Gasteiger partial charge in [0.25, 0.3) is 0 Å². The molecule has 0 aliphatic carbocycles. The summed E-state index contributed by atoms with van der Waals surface area (Å²) in [4.78, 5) is 4.81. The highest BCUT2D eigenvalue weighted by Gasteiger charge is 2.19. The minimum atomic E-state index is 0.697. The molecule has 0 N–H and O–H groups in total. The largest absolute Gasteiger partial charge is 0.493 e. The summed E-state index contributed by atoms with van der Waals surface area (Å²) in [5, 5.41) is 4.09. The predicted molar refractivity (Wildman–Crippen MR) is 95.0 cm³/mol. The Labute approximate surface area is 151 Å². The predicted octanol–water partition coefficient (Wildman–Crippen LogP) is 2.53. The number of rotatable bonds is 6. The lowest BCUT2D eigenvalue weighted by molar-refractivity contribution is 0.121. The minimum absolute atomic E-state index is 0.697. The molecule has 0 atom stereocenters. The van der Waals surface area contributed by atoms with Crippen molar-refractivity contribution < 1.29 is 9.47 Å². The third-order valence-corrected chi connectivity index (χ3v) is 5.19. The molecular formula is C16H21ClN4O2S. The third-order valence-electron chi connectivity index (χ3n) is 4.20. The smallest absolute Gasteiger partial charge is 0.161 e. The summed E-state index contributed by atoms with van der Waals surface area (Å²) in [5.74, 6) is 1.54. The van der Waals surface area contributed by atoms with Crippen LogP contribution in [0.15, 0.2) is 18.2 Å². The molecule has 0 unspecified atom stereocenters. The van der Waals surface area contributed by atoms with E-state index in [0.717, 1.165) is 56.5 Å². The van der Waals surface area contributed by atoms with Gasteiger partial charge in [0.15, 0.2) is 11.5 Å². The van der Waals surface area contributed by atoms with Crippen LogP contribution in [0.2, 0.25) is 4.34 Å². The van der Waals surface area contributed by atoms with Crippen LogP contribution in [0.4, 0.5) is 0 Å². The molecule has 1 aromatic carbocycles. The zero-order valence-corrected chi connectivity index (χ0v) is 15.4. The molecule has 2 heterocycles. The van der Waals surface area contributed by atoms with E-state index >= 15 is 0 Å². The molecule has 0 amide bonds. The average Bonchev–Trinajstić information content (AvgIpc) is 3.01. The third kappa shape index (κ3) is 4.16. The molecule has 0 radical (unpaired) electrons. The SMILES string of the molecule is COc1ccc(CN2CCN(Cc3nnsc3Cl)CC2)cc1OC. The highest BCUT2D eigenvalue weighted by molar-refractivity contribution is 7.10. The fraction of sp³-hybridized carbons (Fsp3) is 0.500. The van der Waals surface area contributed by atoms with Crippen LogP contribution in [0.5, 0.6) is 11.5 Å². The second-order valence-corrected chi connectivity index (χ2v) is 7.09. The number of halogens is 1. The van der Waals surface area contributed by atoms with Crippen LogP contribution in [0.3, 0.4) is 0 Å². The molecule has 0 saturated carbocycles. The van der Waals surface area contributed by atoms with Gasteiger partial charge < -0.3 is 9.47 Å². The number of aromatic nitrogens is 2. The molecule has 6 nitrogen and oxygen atoms in total. The van der Waals surface area contributed by atoms with Gasteiger partial charge in [-0.05, 0) is 17.7 Å². The van der Waals surface area contributed by atoms with Crippen LogP contribution < -0.4 is 9.47 Å². The Morgan fingerprint density at radius 3 is 2.29 bits per heavy atom. The van der Waals surface area contributed by atoms with Crippen molar-refractivity contribution in [1.29, 1.82) is 0 Å². The van der Waals surface area contributed by atoms with Crippen molar-refractivity contribution in [2.75, 3.05) is 40.4 Å². The second-order valence-electron chi connectivity index (χ2n) is 5.73. The van der Waals surface area contributed by atoms with Gasteiger partial charge in [0.2, 0.25) is 0 Å². The molecule has 1 aliphatic heterocycles. The molecular weight excluding hydrogens is 348 g/mol. The van der Waals surface area contributed by atoms with Crippen molar-refractivity contribution in [1.82, 2.24) is 19.4 Å². The van der Waals surface area contributed by atoms with Gasteiger partial charge in [0, 0.05) is 50.8 Å². The summed E-state index contributed by atoms with van der Waals surface area (Å²) >= 11 is 7.33. The van der Waals surface area contributed by atoms with Gasteiger partial charge in [0.1, 0.15) is 10.0 Å². The van der Waals surface area contributed by atoms with E-state index in [1.54, 1.807) is 14.2 Å². The van der Waals surface area contributed by atoms with E-state index in [1.807, 2.05) is 12.1 Å². The lowest BCUT2D eigenvalue weighted by atomic mass is 10.1. The van der Waals surface area contributed by atoms with E-state index in [4.69, 9.17) is 21.1 Å². The summed E-state index contributed by atoms with van der Waals surface area (Å²) in [7, 11) is 3.32. The zero-order valence-electron chi connectivity index (χ0n) is 13.9. The van der Waals surface area contributed by atoms with Crippen LogP contribution in [0.25, 0.3) is 0 Å². The molecule has 3 rings (SSSR count). The first-order chi connectivity index (χ1) is 11.7. The number of hydrogen-bond donors (Lipinski definition) is 0. The summed E-state index contributed by atoms with van der Waals surface area (Å²) < 4.78 is 15.3. The van der Waals surface area contributed by atoms with Gasteiger partial charge in [0.05, 0.1) is 14.2 Å². The first-order valence-corrected chi connectivity index (χ1v) is 8.97. The van der Waals surface area contributed by atoms with Crippen molar-refractivity contribution in [2.45, 2.75) is 13.1 Å². The molecule has 2 aromatic rings. The zero-order chi connectivity index (χ0) is 16.9. The van der Waals surface area contributed by atoms with Gasteiger partial charge in [-0.3, -0.25) is 9.80 Å². The van der Waals surface area contributed by atoms with E-state index < -0.39 is 0 Å². The number of benzene rings is 1. The molecule has 0 bridgehead atoms. The Kier molecular flexibility index (Phi) is 5.89. The number of ether oxygens (including phenoxy) is 2. The topological polar surface area (TPSA) is 50.7 Å². The Morgan fingerprint density at radius 2 is 1.71 bits per heavy atom. The fourth-order valence-electron chi connectivity index (χ4n) is 2.85. The normalized spacial score (nSPS) is 16.3. The Morgan fingerprint density at radius 1 is 1.04 bits per heavy atom. The van der Waals surface area contributed by atoms with E-state index in [-0.39, 0.29) is 0 Å². The lowest BCUT2D eigenvalue weighted by Crippen LogP contribution is -2.45. The van der Waals surface area contributed by atoms with Crippen molar-refractivity contribution >= 4 is 23.1 Å². The van der Waals surface area contributed by atoms with Crippen LogP contribution in [-0.2, 0) is 13.1 Å². The molecule has 24 heavy (non-hydrogen) atoms. The number of methoxy groups -OCH3 is 2. The molecule has 0 spiro atoms. The van der Waals surface area contributed by atoms with E-state index in [0.29, 0.717) is 4.34 Å². The van der Waals surface area contributed by atoms with Gasteiger partial charge in [-0.1, -0.05) is 22.2 Å². The first kappa shape index (κ1) is 17.4. The van der Waals surface area contributed by atoms with Gasteiger partial charge >= 0.3 is 0 Å². The Hall–Kier alpha value is -1.41. The Balaban J connectivity index is 1.53. The van der Waals surface area contributed by atoms with Gasteiger partial charge in [-0.2, -0.15) is 0 Å². The van der Waals surface area contributed by atoms with Crippen molar-refractivity contribution in [3.05, 3.63) is 33.8 Å². The fourth-order valence-corrected chi connectivity index (χ4v) is 3.46. The summed E-state index contributed by atoms with van der Waals surface area (Å²) in [6.45, 7) is 5.72. The van der Waals surface area contributed by atoms with Crippen LogP contribution >= 0.6 is 23.1 Å². The minimum Gasteiger partial charge on any atom is -0.493 e. The first-order valence-electron chi connectivity index (χ1n) is 7.82. The van der Waals surface area contributed by atoms with Crippen LogP contribution in [-0.4, -0.2) is 59.8 Å². The molecule has 1 aliphatic rings. The van der Waals surface area contributed by atoms with Gasteiger partial charge in [-0.25, -0.2) is 0 Å². The molecule has 1 fully saturated rings. The molecule has 1 saturated heterocycles. The lowest BCUT2D eigenvalue weighted by Gasteiger charge is -2.34. The standard InChI is InChI=1S/C16H21ClN4O2S/c1-22-14-4-3-12(9-15(14)23-2)10-20-5-7-21(8-6-20)11-13-16(17)24-19-18-13/h3-4,9H,5-8,10-11H2,1-2H3. The number of hydrogen-bond acceptors (Lipinski definition) is 7. The van der Waals surface area contributed by atoms with Crippen LogP contribution in [0, 0.1) is 0 Å². The molecule has 1 aromatic heterocycles. The highest BCUT2D eigenvalue weighted by Crippen LogP contribution is 2.28. The quantitative estimate of drug-likeness (QED) is 0.781. The van der Waals surface area contributed by atoms with E-state index in [9.17, 15) is 0 Å². The van der Waals surface area contributed by atoms with Crippen molar-refractivity contribution in [2.24, 2.45) is 0 Å². The summed E-state index contributed by atoms with van der Waals surface area (Å²) in [6.07, 6.45) is 0. The second kappa shape index (κ2) is 8.11. The van der Waals surface area contributed by atoms with E-state index in [1.165, 1.54) is 17.1 Å². The van der Waals surface area contributed by atoms with Crippen molar-refractivity contribution in [3.63, 3.8) is 0 Å². The summed E-state index contributed by atoms with van der Waals surface area (Å²) in [6, 6.07) is 6.10. The highest BCUT2D eigenvalue weighted by atomic mass is 35.5. The number of nitrogens with zero attached hydrogens (tertiary/aromatic N) is 4. The Bertz CT molecular complexity index is 674. The average molecular weight is 369 g/mol. The molecule has 130 valence electrons. The van der Waals surface area contributed by atoms with E-state index in [2.05, 4.69) is 25.5 Å². The van der Waals surface area contributed by atoms with Crippen molar-refractivity contribution in [3.8, 4) is 11.5 Å². The maximum Gasteiger partial charge on any atom is 0.161 e. The monoisotopic (exact) mass is 368 g/mol.